The van der Waals surface area contributed by atoms with E-state index in [1.807, 2.05) is 58.3 Å². The second-order valence-corrected chi connectivity index (χ2v) is 14.4. The van der Waals surface area contributed by atoms with Crippen LogP contribution in [0, 0.1) is 11.7 Å². The van der Waals surface area contributed by atoms with Crippen LogP contribution in [0.5, 0.6) is 0 Å². The maximum Gasteiger partial charge on any atom is 0.407 e. The molecule has 1 atom stereocenters. The van der Waals surface area contributed by atoms with Crippen LogP contribution in [-0.2, 0) is 21.5 Å². The van der Waals surface area contributed by atoms with Gasteiger partial charge in [0.25, 0.3) is 0 Å². The lowest BCUT2D eigenvalue weighted by atomic mass is 9.86. The summed E-state index contributed by atoms with van der Waals surface area (Å²) in [5, 5.41) is 11.7. The van der Waals surface area contributed by atoms with Gasteiger partial charge in [0.2, 0.25) is 0 Å². The number of rotatable bonds is 8. The van der Waals surface area contributed by atoms with Gasteiger partial charge in [-0.1, -0.05) is 12.5 Å². The number of anilines is 2. The lowest BCUT2D eigenvalue weighted by molar-refractivity contribution is 0.109. The van der Waals surface area contributed by atoms with Crippen molar-refractivity contribution in [3.05, 3.63) is 41.2 Å². The zero-order valence-corrected chi connectivity index (χ0v) is 24.7. The second-order valence-electron chi connectivity index (χ2n) is 11.0. The first-order chi connectivity index (χ1) is 18.6. The highest BCUT2D eigenvalue weighted by atomic mass is 32.2. The van der Waals surface area contributed by atoms with Gasteiger partial charge in [-0.05, 0) is 71.4 Å². The fourth-order valence-electron chi connectivity index (χ4n) is 5.21. The average Bonchev–Trinajstić information content (AvgIpc) is 3.44. The molecule has 11 heteroatoms. The van der Waals surface area contributed by atoms with E-state index in [0.717, 1.165) is 77.6 Å². The minimum atomic E-state index is -2.98. The highest BCUT2D eigenvalue weighted by Gasteiger charge is 2.32. The summed E-state index contributed by atoms with van der Waals surface area (Å²) in [7, 11) is -1.08. The fourth-order valence-corrected chi connectivity index (χ4v) is 8.56. The number of amides is 1. The molecule has 2 aliphatic rings. The summed E-state index contributed by atoms with van der Waals surface area (Å²) in [6.07, 6.45) is 7.72. The third-order valence-electron chi connectivity index (χ3n) is 7.75. The molecule has 39 heavy (non-hydrogen) atoms. The number of alkyl carbamates (subject to hydrolysis) is 1. The Morgan fingerprint density at radius 2 is 1.92 bits per heavy atom. The number of carbonyl (C=O) groups excluding carboxylic acids is 1. The van der Waals surface area contributed by atoms with Crippen molar-refractivity contribution in [2.24, 2.45) is 7.05 Å². The smallest absolute Gasteiger partial charge is 0.407 e. The molecule has 5 rings (SSSR count). The number of aromatic nitrogens is 3. The van der Waals surface area contributed by atoms with Crippen molar-refractivity contribution in [3.63, 3.8) is 0 Å². The molecular weight excluding hydrogens is 532 g/mol. The van der Waals surface area contributed by atoms with E-state index in [4.69, 9.17) is 14.5 Å². The third kappa shape index (κ3) is 6.14. The van der Waals surface area contributed by atoms with Crippen molar-refractivity contribution in [1.82, 2.24) is 20.1 Å². The number of nitrogens with zero attached hydrogens (tertiary/aromatic N) is 3. The van der Waals surface area contributed by atoms with E-state index in [-0.39, 0.29) is 23.5 Å². The van der Waals surface area contributed by atoms with E-state index >= 15 is 0 Å². The first kappa shape index (κ1) is 27.6. The lowest BCUT2D eigenvalue weighted by Crippen LogP contribution is -2.38. The molecule has 0 bridgehead atoms. The first-order valence-electron chi connectivity index (χ1n) is 13.7. The van der Waals surface area contributed by atoms with Crippen LogP contribution in [-0.4, -0.2) is 42.5 Å². The maximum atomic E-state index is 13.9. The van der Waals surface area contributed by atoms with Gasteiger partial charge >= 0.3 is 6.09 Å². The molecule has 2 heterocycles. The monoisotopic (exact) mass is 570 g/mol. The minimum absolute atomic E-state index is 0.110. The number of benzene rings is 1. The Labute approximate surface area is 234 Å². The van der Waals surface area contributed by atoms with E-state index in [0.29, 0.717) is 10.8 Å². The Hall–Kier alpha value is -2.92. The number of ether oxygens (including phenoxy) is 1. The molecule has 3 N–H and O–H groups in total. The minimum Gasteiger partial charge on any atom is -0.447 e. The van der Waals surface area contributed by atoms with Gasteiger partial charge in [-0.3, -0.25) is 4.68 Å². The highest BCUT2D eigenvalue weighted by Crippen LogP contribution is 2.42. The molecule has 1 unspecified atom stereocenters. The maximum absolute atomic E-state index is 13.9. The summed E-state index contributed by atoms with van der Waals surface area (Å²) >= 11 is 1.63. The number of hydrogen-bond donors (Lipinski definition) is 3. The molecule has 1 aromatic carbocycles. The van der Waals surface area contributed by atoms with Crippen molar-refractivity contribution in [2.75, 3.05) is 5.32 Å². The van der Waals surface area contributed by atoms with Gasteiger partial charge in [0, 0.05) is 53.5 Å². The van der Waals surface area contributed by atoms with Crippen LogP contribution in [0.25, 0.3) is 10.4 Å². The van der Waals surface area contributed by atoms with Crippen LogP contribution in [0.15, 0.2) is 35.4 Å². The number of nitrogens with one attached hydrogen (secondary N) is 3. The second kappa shape index (κ2) is 11.3. The van der Waals surface area contributed by atoms with E-state index in [9.17, 15) is 9.00 Å². The summed E-state index contributed by atoms with van der Waals surface area (Å²) in [4.78, 5) is 18.3. The zero-order valence-electron chi connectivity index (χ0n) is 23.0. The molecule has 2 aromatic heterocycles. The number of hydrogen-bond acceptors (Lipinski definition) is 8. The van der Waals surface area contributed by atoms with E-state index in [2.05, 4.69) is 15.7 Å². The molecule has 9 nitrogen and oxygen atoms in total. The molecular formula is C28H38N6O3S2. The molecule has 1 amide bonds. The Bertz CT molecular complexity index is 1410. The first-order valence-corrected chi connectivity index (χ1v) is 16.2. The van der Waals surface area contributed by atoms with Crippen molar-refractivity contribution in [1.29, 1.82) is 4.78 Å². The summed E-state index contributed by atoms with van der Waals surface area (Å²) in [6.45, 7) is 5.68. The SMILES string of the molecule is Cc1cc(Nc2ccc(-c3cnc(C4CCC(NC(=O)OC(C)C)CC4)s3)c(S(=N)(=O)C3CCC3)c2)nn1C. The van der Waals surface area contributed by atoms with Crippen LogP contribution >= 0.6 is 11.3 Å². The van der Waals surface area contributed by atoms with Gasteiger partial charge in [0.1, 0.15) is 0 Å². The Kier molecular flexibility index (Phi) is 8.00. The van der Waals surface area contributed by atoms with E-state index < -0.39 is 9.73 Å². The lowest BCUT2D eigenvalue weighted by Gasteiger charge is -2.29. The summed E-state index contributed by atoms with van der Waals surface area (Å²) in [5.74, 6) is 1.04. The van der Waals surface area contributed by atoms with Crippen LogP contribution in [0.1, 0.15) is 75.4 Å². The molecule has 210 valence electrons. The van der Waals surface area contributed by atoms with E-state index in [1.54, 1.807) is 16.0 Å². The Balaban J connectivity index is 1.35. The Morgan fingerprint density at radius 1 is 1.18 bits per heavy atom. The standard InChI is InChI=1S/C28H38N6O3S2/c1-17(2)37-28(35)32-20-10-8-19(9-11-20)27-30-16-24(38-27)23-13-12-21(31-26-14-18(3)34(4)33-26)15-25(23)39(29,36)22-6-5-7-22/h12-17,19-20,22,29H,5-11H2,1-4H3,(H,31,33)(H,32,35). The number of thiazole rings is 1. The summed E-state index contributed by atoms with van der Waals surface area (Å²) in [6, 6.07) is 7.89. The number of carbonyl (C=O) groups is 1. The van der Waals surface area contributed by atoms with Gasteiger partial charge in [0.05, 0.1) is 30.6 Å². The molecule has 0 saturated heterocycles. The Morgan fingerprint density at radius 3 is 2.54 bits per heavy atom. The van der Waals surface area contributed by atoms with Crippen LogP contribution in [0.2, 0.25) is 0 Å². The fraction of sp³-hybridized carbons (Fsp3) is 0.536. The van der Waals surface area contributed by atoms with Gasteiger partial charge in [-0.25, -0.2) is 18.8 Å². The van der Waals surface area contributed by atoms with Crippen LogP contribution in [0.4, 0.5) is 16.3 Å². The molecule has 0 spiro atoms. The van der Waals surface area contributed by atoms with Crippen molar-refractivity contribution >= 4 is 38.7 Å². The van der Waals surface area contributed by atoms with Gasteiger partial charge in [-0.15, -0.1) is 11.3 Å². The molecule has 3 aromatic rings. The zero-order chi connectivity index (χ0) is 27.7. The summed E-state index contributed by atoms with van der Waals surface area (Å²) < 4.78 is 29.9. The number of aryl methyl sites for hydroxylation is 2. The molecule has 0 radical (unpaired) electrons. The average molecular weight is 571 g/mol. The van der Waals surface area contributed by atoms with E-state index in [1.165, 1.54) is 0 Å². The van der Waals surface area contributed by atoms with Crippen LogP contribution in [0.3, 0.4) is 0 Å². The normalized spacial score (nSPS) is 21.3. The van der Waals surface area contributed by atoms with Crippen LogP contribution < -0.4 is 10.6 Å². The summed E-state index contributed by atoms with van der Waals surface area (Å²) in [5.41, 5.74) is 2.64. The molecule has 2 saturated carbocycles. The quantitative estimate of drug-likeness (QED) is 0.277. The van der Waals surface area contributed by atoms with Gasteiger partial charge < -0.3 is 15.4 Å². The highest BCUT2D eigenvalue weighted by molar-refractivity contribution is 7.93. The topological polar surface area (TPSA) is 122 Å². The molecule has 0 aliphatic heterocycles. The molecule has 2 fully saturated rings. The van der Waals surface area contributed by atoms with Gasteiger partial charge in [0.15, 0.2) is 5.82 Å². The third-order valence-corrected chi connectivity index (χ3v) is 11.3. The predicted octanol–water partition coefficient (Wildman–Crippen LogP) is 6.71. The molecule has 2 aliphatic carbocycles. The van der Waals surface area contributed by atoms with Gasteiger partial charge in [-0.2, -0.15) is 5.10 Å². The predicted molar refractivity (Wildman–Crippen MR) is 155 cm³/mol. The van der Waals surface area contributed by atoms with Crippen molar-refractivity contribution < 1.29 is 13.7 Å². The van der Waals surface area contributed by atoms with Crippen molar-refractivity contribution in [3.8, 4) is 10.4 Å². The largest absolute Gasteiger partial charge is 0.447 e. The van der Waals surface area contributed by atoms with Crippen molar-refractivity contribution in [2.45, 2.75) is 93.9 Å².